The number of rotatable bonds is 10. The van der Waals surface area contributed by atoms with Gasteiger partial charge >= 0.3 is 0 Å². The van der Waals surface area contributed by atoms with E-state index in [4.69, 9.17) is 4.74 Å². The van der Waals surface area contributed by atoms with E-state index in [-0.39, 0.29) is 12.0 Å². The average molecular weight is 329 g/mol. The Hall–Kier alpha value is -1.30. The Labute approximate surface area is 141 Å². The van der Waals surface area contributed by atoms with Crippen LogP contribution >= 0.6 is 0 Å². The van der Waals surface area contributed by atoms with Crippen molar-refractivity contribution in [3.8, 4) is 0 Å². The number of nitrogens with one attached hydrogen (secondary N) is 3. The van der Waals surface area contributed by atoms with E-state index in [0.717, 1.165) is 32.1 Å². The fourth-order valence-electron chi connectivity index (χ4n) is 2.18. The van der Waals surface area contributed by atoms with Crippen LogP contribution in [0.3, 0.4) is 0 Å². The number of hydrogen-bond donors (Lipinski definition) is 3. The number of hydrogen-bond acceptors (Lipinski definition) is 3. The van der Waals surface area contributed by atoms with Crippen LogP contribution in [0, 0.1) is 11.3 Å². The monoisotopic (exact) mass is 328 g/mol. The predicted molar refractivity (Wildman–Crippen MR) is 96.7 cm³/mol. The predicted octanol–water partition coefficient (Wildman–Crippen LogP) is 1.76. The fraction of sp³-hybridized carbons (Fsp3) is 0.882. The first-order valence-electron chi connectivity index (χ1n) is 8.64. The first-order chi connectivity index (χ1) is 10.8. The van der Waals surface area contributed by atoms with Crippen molar-refractivity contribution in [3.63, 3.8) is 0 Å². The summed E-state index contributed by atoms with van der Waals surface area (Å²) in [5, 5.41) is 9.21. The molecule has 0 heterocycles. The Kier molecular flexibility index (Phi) is 10.6. The minimum absolute atomic E-state index is 0.00619. The van der Waals surface area contributed by atoms with Crippen molar-refractivity contribution in [2.45, 2.75) is 54.1 Å². The molecule has 0 aliphatic heterocycles. The quantitative estimate of drug-likeness (QED) is 0.422. The van der Waals surface area contributed by atoms with Crippen LogP contribution < -0.4 is 16.0 Å². The molecule has 23 heavy (non-hydrogen) atoms. The summed E-state index contributed by atoms with van der Waals surface area (Å²) >= 11 is 0. The Morgan fingerprint density at radius 3 is 2.35 bits per heavy atom. The van der Waals surface area contributed by atoms with Crippen LogP contribution in [-0.4, -0.2) is 51.3 Å². The fourth-order valence-corrected chi connectivity index (χ4v) is 2.18. The number of ether oxygens (including phenoxy) is 1. The second-order valence-corrected chi connectivity index (χ2v) is 6.61. The molecule has 0 spiro atoms. The molecule has 0 aliphatic rings. The number of nitrogens with zero attached hydrogens (tertiary/aromatic N) is 1. The Balaban J connectivity index is 4.56. The van der Waals surface area contributed by atoms with E-state index in [1.807, 2.05) is 27.7 Å². The molecule has 1 amide bonds. The maximum absolute atomic E-state index is 11.8. The number of amides is 1. The second kappa shape index (κ2) is 11.3. The lowest BCUT2D eigenvalue weighted by Gasteiger charge is -2.23. The van der Waals surface area contributed by atoms with Gasteiger partial charge in [-0.25, -0.2) is 0 Å². The van der Waals surface area contributed by atoms with Crippen molar-refractivity contribution in [1.29, 1.82) is 0 Å². The molecule has 6 heteroatoms. The largest absolute Gasteiger partial charge is 0.378 e. The lowest BCUT2D eigenvalue weighted by molar-refractivity contribution is -0.128. The van der Waals surface area contributed by atoms with E-state index in [2.05, 4.69) is 34.8 Å². The maximum atomic E-state index is 11.8. The van der Waals surface area contributed by atoms with Crippen molar-refractivity contribution < 1.29 is 9.53 Å². The number of guanidine groups is 1. The molecule has 1 atom stereocenters. The summed E-state index contributed by atoms with van der Waals surface area (Å²) in [6.07, 6.45) is 1.17. The zero-order chi connectivity index (χ0) is 17.9. The molecular weight excluding hydrogens is 292 g/mol. The van der Waals surface area contributed by atoms with Crippen LogP contribution in [0.2, 0.25) is 0 Å². The van der Waals surface area contributed by atoms with Gasteiger partial charge in [-0.15, -0.1) is 0 Å². The van der Waals surface area contributed by atoms with E-state index >= 15 is 0 Å². The van der Waals surface area contributed by atoms with E-state index < -0.39 is 5.41 Å². The molecule has 0 saturated carbocycles. The van der Waals surface area contributed by atoms with Gasteiger partial charge in [0, 0.05) is 26.7 Å². The summed E-state index contributed by atoms with van der Waals surface area (Å²) in [5.41, 5.74) is -0.525. The van der Waals surface area contributed by atoms with Crippen LogP contribution in [0.4, 0.5) is 0 Å². The van der Waals surface area contributed by atoms with Crippen molar-refractivity contribution in [1.82, 2.24) is 16.0 Å². The lowest BCUT2D eigenvalue weighted by atomic mass is 9.93. The van der Waals surface area contributed by atoms with Gasteiger partial charge < -0.3 is 20.7 Å². The van der Waals surface area contributed by atoms with Crippen molar-refractivity contribution in [3.05, 3.63) is 0 Å². The van der Waals surface area contributed by atoms with Crippen LogP contribution in [0.1, 0.15) is 48.0 Å². The van der Waals surface area contributed by atoms with Gasteiger partial charge in [-0.05, 0) is 40.0 Å². The molecule has 136 valence electrons. The van der Waals surface area contributed by atoms with Gasteiger partial charge in [0.2, 0.25) is 5.91 Å². The highest BCUT2D eigenvalue weighted by atomic mass is 16.5. The van der Waals surface area contributed by atoms with Crippen LogP contribution in [0.5, 0.6) is 0 Å². The summed E-state index contributed by atoms with van der Waals surface area (Å²) in [6.45, 7) is 14.9. The van der Waals surface area contributed by atoms with E-state index in [1.165, 1.54) is 0 Å². The van der Waals surface area contributed by atoms with Crippen LogP contribution in [0.25, 0.3) is 0 Å². The second-order valence-electron chi connectivity index (χ2n) is 6.61. The molecule has 0 aromatic rings. The highest BCUT2D eigenvalue weighted by molar-refractivity contribution is 5.83. The highest BCUT2D eigenvalue weighted by Gasteiger charge is 2.26. The molecule has 0 saturated heterocycles. The van der Waals surface area contributed by atoms with Gasteiger partial charge in [0.15, 0.2) is 5.96 Å². The molecule has 0 radical (unpaired) electrons. The van der Waals surface area contributed by atoms with E-state index in [1.54, 1.807) is 7.05 Å². The smallest absolute Gasteiger partial charge is 0.227 e. The minimum atomic E-state index is -0.525. The maximum Gasteiger partial charge on any atom is 0.227 e. The zero-order valence-corrected chi connectivity index (χ0v) is 16.0. The lowest BCUT2D eigenvalue weighted by Crippen LogP contribution is -2.42. The molecule has 0 rings (SSSR count). The SMILES string of the molecule is CCNC(=NCC(C)(C)C(=O)NC)NCCC(OCC)C(C)C. The third-order valence-electron chi connectivity index (χ3n) is 3.66. The summed E-state index contributed by atoms with van der Waals surface area (Å²) in [5.74, 6) is 1.22. The molecule has 0 aromatic carbocycles. The molecule has 1 unspecified atom stereocenters. The van der Waals surface area contributed by atoms with Gasteiger partial charge in [0.05, 0.1) is 18.1 Å². The molecule has 0 aromatic heterocycles. The van der Waals surface area contributed by atoms with Crippen molar-refractivity contribution in [2.24, 2.45) is 16.3 Å². The van der Waals surface area contributed by atoms with Crippen LogP contribution in [-0.2, 0) is 9.53 Å². The molecule has 0 aliphatic carbocycles. The van der Waals surface area contributed by atoms with E-state index in [9.17, 15) is 4.79 Å². The van der Waals surface area contributed by atoms with Gasteiger partial charge in [-0.1, -0.05) is 13.8 Å². The third kappa shape index (κ3) is 8.79. The first-order valence-corrected chi connectivity index (χ1v) is 8.64. The van der Waals surface area contributed by atoms with Crippen molar-refractivity contribution in [2.75, 3.05) is 33.3 Å². The van der Waals surface area contributed by atoms with Gasteiger partial charge in [0.1, 0.15) is 0 Å². The standard InChI is InChI=1S/C17H36N4O2/c1-8-19-16(21-12-17(5,6)15(22)18-7)20-11-10-14(13(3)4)23-9-2/h13-14H,8-12H2,1-7H3,(H,18,22)(H2,19,20,21). The topological polar surface area (TPSA) is 74.8 Å². The summed E-state index contributed by atoms with van der Waals surface area (Å²) in [6, 6.07) is 0. The third-order valence-corrected chi connectivity index (χ3v) is 3.66. The van der Waals surface area contributed by atoms with Crippen molar-refractivity contribution >= 4 is 11.9 Å². The Bertz CT molecular complexity index is 368. The average Bonchev–Trinajstić information content (AvgIpc) is 2.50. The number of carbonyl (C=O) groups is 1. The summed E-state index contributed by atoms with van der Waals surface area (Å²) in [4.78, 5) is 16.4. The molecule has 0 bridgehead atoms. The summed E-state index contributed by atoms with van der Waals surface area (Å²) < 4.78 is 5.75. The normalized spacial score (nSPS) is 13.8. The van der Waals surface area contributed by atoms with Gasteiger partial charge in [-0.2, -0.15) is 0 Å². The Morgan fingerprint density at radius 1 is 1.22 bits per heavy atom. The Morgan fingerprint density at radius 2 is 1.87 bits per heavy atom. The van der Waals surface area contributed by atoms with E-state index in [0.29, 0.717) is 12.5 Å². The zero-order valence-electron chi connectivity index (χ0n) is 16.0. The highest BCUT2D eigenvalue weighted by Crippen LogP contribution is 2.15. The van der Waals surface area contributed by atoms with Crippen LogP contribution in [0.15, 0.2) is 4.99 Å². The molecular formula is C17H36N4O2. The minimum Gasteiger partial charge on any atom is -0.378 e. The van der Waals surface area contributed by atoms with Gasteiger partial charge in [0.25, 0.3) is 0 Å². The first kappa shape index (κ1) is 21.7. The number of aliphatic imine (C=N–C) groups is 1. The molecule has 6 nitrogen and oxygen atoms in total. The van der Waals surface area contributed by atoms with Gasteiger partial charge in [-0.3, -0.25) is 9.79 Å². The molecule has 0 fully saturated rings. The summed E-state index contributed by atoms with van der Waals surface area (Å²) in [7, 11) is 1.65. The molecule has 3 N–H and O–H groups in total. The number of carbonyl (C=O) groups excluding carboxylic acids is 1.